The Morgan fingerprint density at radius 3 is 2.22 bits per heavy atom. The van der Waals surface area contributed by atoms with Crippen LogP contribution in [0, 0.1) is 5.92 Å². The standard InChI is InChI=1S/C61H43NO/c1-37-22-28-52-55-36-58-56(51-19-9-10-21-57(51)63-58)35-54(55)50-31-26-44-32-41-15-5-6-16-42(41)34-53(44)48-20-11-17-39(25-30-49(48)50)59(52)61(62-60(37)40-13-3-2-4-14-40)45-27-29-47-43(33-45)24-23-38-12-7-8-18-46(38)47/h2-21,23-25,27-30,32-37,50H,22,26,31H2,1H3/b17-11?,20-11-,30-25?,39-17?,39-25?,48-20?,49-30?,52-28?,61-59?,62-60?. The summed E-state index contributed by atoms with van der Waals surface area (Å²) in [4.78, 5) is 5.91. The number of allylic oxidation sites excluding steroid dienone is 11. The summed E-state index contributed by atoms with van der Waals surface area (Å²) in [6, 6.07) is 58.0. The zero-order chi connectivity index (χ0) is 41.6. The second kappa shape index (κ2) is 14.3. The molecule has 1 aliphatic heterocycles. The zero-order valence-corrected chi connectivity index (χ0v) is 35.1. The van der Waals surface area contributed by atoms with Gasteiger partial charge in [0.05, 0.1) is 11.4 Å². The van der Waals surface area contributed by atoms with Gasteiger partial charge in [0.2, 0.25) is 0 Å². The van der Waals surface area contributed by atoms with Gasteiger partial charge in [-0.25, -0.2) is 0 Å². The maximum Gasteiger partial charge on any atom is 0.136 e. The lowest BCUT2D eigenvalue weighted by atomic mass is 9.79. The highest BCUT2D eigenvalue weighted by molar-refractivity contribution is 6.12. The summed E-state index contributed by atoms with van der Waals surface area (Å²) in [5, 5.41) is 9.85. The summed E-state index contributed by atoms with van der Waals surface area (Å²) in [7, 11) is 0. The maximum atomic E-state index is 6.77. The van der Waals surface area contributed by atoms with Crippen LogP contribution < -0.4 is 0 Å². The SMILES string of the molecule is CC1CC=C2C(=C(c3ccc4c(ccc5ccccc54)c3)N=C1c1ccccc1)C1=C/C=C\C3=C(C=C1)C(CCc1cc4ccccc4cc13)c1cc3c(cc12)oc1ccccc13. The Bertz CT molecular complexity index is 3650. The normalized spacial score (nSPS) is 18.9. The van der Waals surface area contributed by atoms with Crippen molar-refractivity contribution in [1.82, 2.24) is 0 Å². The molecule has 13 rings (SSSR count). The first-order valence-corrected chi connectivity index (χ1v) is 22.4. The fourth-order valence-electron chi connectivity index (χ4n) is 11.0. The van der Waals surface area contributed by atoms with Gasteiger partial charge in [-0.2, -0.15) is 0 Å². The summed E-state index contributed by atoms with van der Waals surface area (Å²) in [5.41, 5.74) is 17.6. The van der Waals surface area contributed by atoms with E-state index in [1.165, 1.54) is 76.7 Å². The third kappa shape index (κ3) is 5.82. The summed E-state index contributed by atoms with van der Waals surface area (Å²) in [5.74, 6) is 0.293. The van der Waals surface area contributed by atoms with E-state index in [1.807, 2.05) is 0 Å². The van der Waals surface area contributed by atoms with Gasteiger partial charge in [-0.05, 0) is 132 Å². The number of furan rings is 1. The average molecular weight is 806 g/mol. The van der Waals surface area contributed by atoms with Crippen LogP contribution in [0.3, 0.4) is 0 Å². The zero-order valence-electron chi connectivity index (χ0n) is 35.1. The fraction of sp³-hybridized carbons (Fsp3) is 0.0984. The second-order valence-electron chi connectivity index (χ2n) is 17.7. The first-order chi connectivity index (χ1) is 31.1. The molecular formula is C61H43NO. The van der Waals surface area contributed by atoms with E-state index in [2.05, 4.69) is 201 Å². The number of rotatable bonds is 2. The van der Waals surface area contributed by atoms with Gasteiger partial charge in [-0.1, -0.05) is 171 Å². The van der Waals surface area contributed by atoms with Crippen LogP contribution in [0.2, 0.25) is 0 Å². The van der Waals surface area contributed by atoms with E-state index in [0.717, 1.165) is 69.5 Å². The van der Waals surface area contributed by atoms with Gasteiger partial charge in [0.15, 0.2) is 0 Å². The van der Waals surface area contributed by atoms with Crippen molar-refractivity contribution in [3.8, 4) is 0 Å². The molecule has 63 heavy (non-hydrogen) atoms. The molecule has 0 fully saturated rings. The van der Waals surface area contributed by atoms with E-state index in [0.29, 0.717) is 0 Å². The molecule has 3 aliphatic carbocycles. The number of aliphatic imine (C=N–C) groups is 1. The summed E-state index contributed by atoms with van der Waals surface area (Å²) in [6.45, 7) is 2.34. The lowest BCUT2D eigenvalue weighted by Crippen LogP contribution is -2.15. The summed E-state index contributed by atoms with van der Waals surface area (Å²) in [6.07, 6.45) is 17.2. The van der Waals surface area contributed by atoms with Crippen molar-refractivity contribution in [2.75, 3.05) is 0 Å². The molecule has 0 saturated carbocycles. The number of fused-ring (bicyclic) bond motifs is 15. The Morgan fingerprint density at radius 2 is 1.33 bits per heavy atom. The monoisotopic (exact) mass is 805 g/mol. The fourth-order valence-corrected chi connectivity index (χ4v) is 11.0. The minimum Gasteiger partial charge on any atom is -0.456 e. The number of benzene rings is 8. The third-order valence-electron chi connectivity index (χ3n) is 14.1. The van der Waals surface area contributed by atoms with Crippen LogP contribution in [0.15, 0.2) is 220 Å². The molecule has 2 unspecified atom stereocenters. The first kappa shape index (κ1) is 36.1. The molecule has 0 spiro atoms. The van der Waals surface area contributed by atoms with E-state index in [-0.39, 0.29) is 11.8 Å². The molecule has 2 nitrogen and oxygen atoms in total. The molecule has 0 amide bonds. The van der Waals surface area contributed by atoms with E-state index in [9.17, 15) is 0 Å². The van der Waals surface area contributed by atoms with Crippen LogP contribution in [-0.2, 0) is 6.42 Å². The van der Waals surface area contributed by atoms with Crippen LogP contribution in [0.5, 0.6) is 0 Å². The van der Waals surface area contributed by atoms with Crippen LogP contribution in [0.1, 0.15) is 59.1 Å². The number of hydrogen-bond acceptors (Lipinski definition) is 2. The molecule has 8 aromatic carbocycles. The van der Waals surface area contributed by atoms with Gasteiger partial charge < -0.3 is 4.42 Å². The van der Waals surface area contributed by atoms with Crippen LogP contribution >= 0.6 is 0 Å². The molecule has 0 radical (unpaired) electrons. The Hall–Kier alpha value is -7.55. The Kier molecular flexibility index (Phi) is 8.18. The highest BCUT2D eigenvalue weighted by Crippen LogP contribution is 2.51. The molecule has 9 aromatic rings. The van der Waals surface area contributed by atoms with Crippen molar-refractivity contribution < 1.29 is 4.42 Å². The van der Waals surface area contributed by atoms with Crippen LogP contribution in [0.25, 0.3) is 71.1 Å². The summed E-state index contributed by atoms with van der Waals surface area (Å²) >= 11 is 0. The van der Waals surface area contributed by atoms with Gasteiger partial charge in [-0.15, -0.1) is 0 Å². The van der Waals surface area contributed by atoms with Gasteiger partial charge in [-0.3, -0.25) is 4.99 Å². The molecule has 298 valence electrons. The molecule has 4 aliphatic rings. The topological polar surface area (TPSA) is 25.5 Å². The van der Waals surface area contributed by atoms with Crippen molar-refractivity contribution in [2.45, 2.75) is 32.1 Å². The van der Waals surface area contributed by atoms with Crippen molar-refractivity contribution in [3.63, 3.8) is 0 Å². The number of nitrogens with zero attached hydrogens (tertiary/aromatic N) is 1. The van der Waals surface area contributed by atoms with Gasteiger partial charge >= 0.3 is 0 Å². The molecule has 0 saturated heterocycles. The van der Waals surface area contributed by atoms with Crippen molar-refractivity contribution in [3.05, 3.63) is 244 Å². The number of aryl methyl sites for hydroxylation is 1. The minimum absolute atomic E-state index is 0.132. The van der Waals surface area contributed by atoms with Gasteiger partial charge in [0.1, 0.15) is 11.2 Å². The second-order valence-corrected chi connectivity index (χ2v) is 17.7. The minimum atomic E-state index is 0.132. The highest BCUT2D eigenvalue weighted by Gasteiger charge is 2.33. The molecule has 2 heterocycles. The highest BCUT2D eigenvalue weighted by atomic mass is 16.3. The van der Waals surface area contributed by atoms with Crippen molar-refractivity contribution in [2.24, 2.45) is 10.9 Å². The molecule has 2 atom stereocenters. The van der Waals surface area contributed by atoms with E-state index in [4.69, 9.17) is 9.41 Å². The average Bonchev–Trinajstić information content (AvgIpc) is 3.62. The molecular weight excluding hydrogens is 763 g/mol. The van der Waals surface area contributed by atoms with Gasteiger partial charge in [0, 0.05) is 33.7 Å². The largest absolute Gasteiger partial charge is 0.456 e. The molecule has 2 heteroatoms. The first-order valence-electron chi connectivity index (χ1n) is 22.4. The molecule has 2 bridgehead atoms. The predicted octanol–water partition coefficient (Wildman–Crippen LogP) is 15.9. The van der Waals surface area contributed by atoms with Crippen molar-refractivity contribution >= 4 is 76.8 Å². The number of para-hydroxylation sites is 1. The van der Waals surface area contributed by atoms with Crippen LogP contribution in [-0.4, -0.2) is 5.71 Å². The molecule has 0 N–H and O–H groups in total. The summed E-state index contributed by atoms with van der Waals surface area (Å²) < 4.78 is 6.77. The lowest BCUT2D eigenvalue weighted by Gasteiger charge is -2.26. The molecule has 1 aromatic heterocycles. The van der Waals surface area contributed by atoms with E-state index in [1.54, 1.807) is 0 Å². The van der Waals surface area contributed by atoms with Gasteiger partial charge in [0.25, 0.3) is 0 Å². The quantitative estimate of drug-likeness (QED) is 0.160. The lowest BCUT2D eigenvalue weighted by molar-refractivity contribution is 0.667. The van der Waals surface area contributed by atoms with Crippen LogP contribution in [0.4, 0.5) is 0 Å². The smallest absolute Gasteiger partial charge is 0.136 e. The Balaban J connectivity index is 1.15. The van der Waals surface area contributed by atoms with E-state index >= 15 is 0 Å². The van der Waals surface area contributed by atoms with E-state index < -0.39 is 0 Å². The van der Waals surface area contributed by atoms with Crippen molar-refractivity contribution in [1.29, 1.82) is 0 Å². The predicted molar refractivity (Wildman–Crippen MR) is 265 cm³/mol. The number of hydrogen-bond donors (Lipinski definition) is 0. The Labute approximate surface area is 366 Å². The Morgan fingerprint density at radius 1 is 0.571 bits per heavy atom. The third-order valence-corrected chi connectivity index (χ3v) is 14.1. The maximum absolute atomic E-state index is 6.77.